The number of nitrogens with zero attached hydrogens (tertiary/aromatic N) is 6. The molecule has 0 unspecified atom stereocenters. The number of nitrogens with one attached hydrogen (secondary N) is 1. The molecule has 0 spiro atoms. The van der Waals surface area contributed by atoms with E-state index in [2.05, 4.69) is 46.6 Å². The third kappa shape index (κ3) is 2.20. The van der Waals surface area contributed by atoms with Gasteiger partial charge in [-0.1, -0.05) is 0 Å². The number of H-pyrrole nitrogens is 1. The van der Waals surface area contributed by atoms with Crippen LogP contribution in [-0.2, 0) is 0 Å². The number of fused-ring (bicyclic) bond motifs is 4. The van der Waals surface area contributed by atoms with Crippen molar-refractivity contribution in [1.29, 1.82) is 0 Å². The van der Waals surface area contributed by atoms with Crippen LogP contribution in [0.1, 0.15) is 0 Å². The number of aromatic amines is 1. The summed E-state index contributed by atoms with van der Waals surface area (Å²) in [5, 5.41) is 1.00. The van der Waals surface area contributed by atoms with E-state index in [0.29, 0.717) is 0 Å². The summed E-state index contributed by atoms with van der Waals surface area (Å²) in [7, 11) is 0. The molecule has 1 N–H and O–H groups in total. The highest BCUT2D eigenvalue weighted by Crippen LogP contribution is 2.29. The maximum atomic E-state index is 4.57. The predicted octanol–water partition coefficient (Wildman–Crippen LogP) is 3.91. The van der Waals surface area contributed by atoms with Gasteiger partial charge in [-0.2, -0.15) is 0 Å². The summed E-state index contributed by atoms with van der Waals surface area (Å²) in [6, 6.07) is 12.1. The minimum Gasteiger partial charge on any atom is -0.345 e. The molecule has 132 valence electrons. The monoisotopic (exact) mass is 363 g/mol. The fourth-order valence-electron chi connectivity index (χ4n) is 3.55. The Morgan fingerprint density at radius 3 is 2.61 bits per heavy atom. The van der Waals surface area contributed by atoms with Crippen LogP contribution in [0.15, 0.2) is 73.8 Å². The summed E-state index contributed by atoms with van der Waals surface area (Å²) >= 11 is 0. The molecule has 28 heavy (non-hydrogen) atoms. The zero-order valence-electron chi connectivity index (χ0n) is 14.6. The second kappa shape index (κ2) is 5.68. The summed E-state index contributed by atoms with van der Waals surface area (Å²) < 4.78 is 2.08. The van der Waals surface area contributed by atoms with Gasteiger partial charge < -0.3 is 4.98 Å². The van der Waals surface area contributed by atoms with Gasteiger partial charge in [0.25, 0.3) is 0 Å². The largest absolute Gasteiger partial charge is 0.345 e. The van der Waals surface area contributed by atoms with Crippen LogP contribution in [0.4, 0.5) is 0 Å². The number of hydrogen-bond acceptors (Lipinski definition) is 5. The molecule has 0 aliphatic rings. The smallest absolute Gasteiger partial charge is 0.108 e. The summed E-state index contributed by atoms with van der Waals surface area (Å²) in [4.78, 5) is 25.2. The van der Waals surface area contributed by atoms with Crippen molar-refractivity contribution in [1.82, 2.24) is 34.5 Å². The van der Waals surface area contributed by atoms with Gasteiger partial charge in [-0.25, -0.2) is 9.97 Å². The maximum absolute atomic E-state index is 4.57. The van der Waals surface area contributed by atoms with Gasteiger partial charge in [-0.15, -0.1) is 0 Å². The van der Waals surface area contributed by atoms with E-state index in [9.17, 15) is 0 Å². The van der Waals surface area contributed by atoms with Gasteiger partial charge in [0, 0.05) is 29.0 Å². The van der Waals surface area contributed by atoms with Crippen molar-refractivity contribution < 1.29 is 0 Å². The van der Waals surface area contributed by atoms with Crippen molar-refractivity contribution in [3.05, 3.63) is 73.8 Å². The molecule has 0 radical (unpaired) electrons. The Labute approximate surface area is 158 Å². The van der Waals surface area contributed by atoms with Crippen LogP contribution in [0.2, 0.25) is 0 Å². The van der Waals surface area contributed by atoms with E-state index < -0.39 is 0 Å². The molecule has 5 aromatic heterocycles. The highest BCUT2D eigenvalue weighted by molar-refractivity contribution is 6.03. The van der Waals surface area contributed by atoms with Crippen LogP contribution in [0, 0.1) is 0 Å². The first kappa shape index (κ1) is 15.0. The molecular formula is C21H13N7. The molecule has 0 aliphatic heterocycles. The Kier molecular flexibility index (Phi) is 3.04. The van der Waals surface area contributed by atoms with Gasteiger partial charge in [0.1, 0.15) is 11.8 Å². The molecule has 6 rings (SSSR count). The van der Waals surface area contributed by atoms with Crippen LogP contribution < -0.4 is 0 Å². The highest BCUT2D eigenvalue weighted by Gasteiger charge is 2.12. The first-order valence-corrected chi connectivity index (χ1v) is 8.82. The van der Waals surface area contributed by atoms with E-state index in [4.69, 9.17) is 0 Å². The topological polar surface area (TPSA) is 85.2 Å². The number of aromatic nitrogens is 7. The van der Waals surface area contributed by atoms with E-state index in [1.165, 1.54) is 0 Å². The molecule has 1 aromatic carbocycles. The molecule has 7 heteroatoms. The number of imidazole rings is 2. The summed E-state index contributed by atoms with van der Waals surface area (Å²) in [5.74, 6) is 0. The lowest BCUT2D eigenvalue weighted by atomic mass is 10.1. The standard InChI is InChI=1S/C21H13N7/c1-2-16-18(26-11-25-16)7-14(1)28-12-27-20-10-24-19-9-23-17(8-15(19)21(20)28)13-3-5-22-6-4-13/h1-12H,(H,25,26). The maximum Gasteiger partial charge on any atom is 0.108 e. The van der Waals surface area contributed by atoms with Crippen LogP contribution >= 0.6 is 0 Å². The molecular weight excluding hydrogens is 350 g/mol. The molecule has 0 bridgehead atoms. The third-order valence-electron chi connectivity index (χ3n) is 4.92. The third-order valence-corrected chi connectivity index (χ3v) is 4.92. The highest BCUT2D eigenvalue weighted by atomic mass is 15.1. The molecule has 0 saturated carbocycles. The fourth-order valence-corrected chi connectivity index (χ4v) is 3.55. The van der Waals surface area contributed by atoms with Crippen LogP contribution in [-0.4, -0.2) is 34.5 Å². The fraction of sp³-hybridized carbons (Fsp3) is 0. The second-order valence-electron chi connectivity index (χ2n) is 6.53. The summed E-state index contributed by atoms with van der Waals surface area (Å²) in [6.07, 6.45) is 10.7. The Balaban J connectivity index is 1.64. The average Bonchev–Trinajstić information content (AvgIpc) is 3.40. The van der Waals surface area contributed by atoms with Crippen LogP contribution in [0.3, 0.4) is 0 Å². The van der Waals surface area contributed by atoms with E-state index in [-0.39, 0.29) is 0 Å². The zero-order chi connectivity index (χ0) is 18.5. The molecule has 0 atom stereocenters. The van der Waals surface area contributed by atoms with Crippen molar-refractivity contribution in [2.75, 3.05) is 0 Å². The van der Waals surface area contributed by atoms with E-state index in [0.717, 1.165) is 49.9 Å². The average molecular weight is 363 g/mol. The SMILES string of the molecule is c1cc(-c2cc3c(cn2)ncc2ncn(-c4ccc5nc[nH]c5c4)c23)ccn1. The molecule has 6 aromatic rings. The predicted molar refractivity (Wildman–Crippen MR) is 107 cm³/mol. The Bertz CT molecular complexity index is 1460. The number of benzene rings is 1. The molecule has 0 aliphatic carbocycles. The van der Waals surface area contributed by atoms with Crippen LogP contribution in [0.5, 0.6) is 0 Å². The van der Waals surface area contributed by atoms with E-state index in [1.807, 2.05) is 30.6 Å². The van der Waals surface area contributed by atoms with Crippen molar-refractivity contribution in [2.24, 2.45) is 0 Å². The van der Waals surface area contributed by atoms with Crippen molar-refractivity contribution in [3.63, 3.8) is 0 Å². The van der Waals surface area contributed by atoms with Gasteiger partial charge >= 0.3 is 0 Å². The lowest BCUT2D eigenvalue weighted by Gasteiger charge is -2.08. The quantitative estimate of drug-likeness (QED) is 0.504. The first-order chi connectivity index (χ1) is 13.9. The van der Waals surface area contributed by atoms with Crippen molar-refractivity contribution in [3.8, 4) is 16.9 Å². The van der Waals surface area contributed by atoms with E-state index >= 15 is 0 Å². The van der Waals surface area contributed by atoms with E-state index in [1.54, 1.807) is 31.1 Å². The first-order valence-electron chi connectivity index (χ1n) is 8.82. The van der Waals surface area contributed by atoms with Gasteiger partial charge in [-0.05, 0) is 36.4 Å². The number of hydrogen-bond donors (Lipinski definition) is 1. The minimum atomic E-state index is 0.828. The van der Waals surface area contributed by atoms with Crippen LogP contribution in [0.25, 0.3) is 49.9 Å². The lowest BCUT2D eigenvalue weighted by Crippen LogP contribution is -1.94. The molecule has 0 saturated heterocycles. The Hall–Kier alpha value is -4.13. The lowest BCUT2D eigenvalue weighted by molar-refractivity contribution is 1.10. The zero-order valence-corrected chi connectivity index (χ0v) is 14.6. The summed E-state index contributed by atoms with van der Waals surface area (Å²) in [6.45, 7) is 0. The van der Waals surface area contributed by atoms with Crippen molar-refractivity contribution >= 4 is 33.0 Å². The van der Waals surface area contributed by atoms with Gasteiger partial charge in [0.2, 0.25) is 0 Å². The molecule has 5 heterocycles. The normalized spacial score (nSPS) is 11.6. The molecule has 0 fully saturated rings. The van der Waals surface area contributed by atoms with Gasteiger partial charge in [0.05, 0.1) is 46.5 Å². The Morgan fingerprint density at radius 1 is 0.786 bits per heavy atom. The minimum absolute atomic E-state index is 0.828. The Morgan fingerprint density at radius 2 is 1.68 bits per heavy atom. The number of rotatable bonds is 2. The number of pyridine rings is 3. The second-order valence-corrected chi connectivity index (χ2v) is 6.53. The molecule has 7 nitrogen and oxygen atoms in total. The van der Waals surface area contributed by atoms with Gasteiger partial charge in [0.15, 0.2) is 0 Å². The molecule has 0 amide bonds. The summed E-state index contributed by atoms with van der Waals surface area (Å²) in [5.41, 5.74) is 7.48. The van der Waals surface area contributed by atoms with Gasteiger partial charge in [-0.3, -0.25) is 19.5 Å². The van der Waals surface area contributed by atoms with Crippen molar-refractivity contribution in [2.45, 2.75) is 0 Å².